The minimum Gasteiger partial charge on any atom is -0.493 e. The minimum absolute atomic E-state index is 0.0128. The third-order valence-electron chi connectivity index (χ3n) is 10.4. The number of hydrogen-bond donors (Lipinski definition) is 3. The number of fused-ring (bicyclic) bond motifs is 9. The number of imide groups is 1. The molecule has 4 aliphatic rings. The smallest absolute Gasteiger partial charge is 0.305 e. The number of aryl methyl sites for hydroxylation is 1. The molecule has 0 spiro atoms. The van der Waals surface area contributed by atoms with Crippen molar-refractivity contribution in [2.75, 3.05) is 25.6 Å². The number of carboxylic acid groups (broad SMARTS) is 1. The number of carbonyl (C=O) groups is 4. The Kier molecular flexibility index (Phi) is 8.84. The lowest BCUT2D eigenvalue weighted by Crippen LogP contribution is -2.42. The Labute approximate surface area is 285 Å². The number of aromatic nitrogens is 1. The molecule has 3 N–H and O–H groups in total. The normalized spacial score (nSPS) is 26.6. The molecular weight excluding hydrogens is 655 g/mol. The summed E-state index contributed by atoms with van der Waals surface area (Å²) >= 11 is 2.82. The molecule has 2 bridgehead atoms. The largest absolute Gasteiger partial charge is 0.493 e. The van der Waals surface area contributed by atoms with Gasteiger partial charge in [-0.1, -0.05) is 42.0 Å². The molecule has 6 unspecified atom stereocenters. The number of aliphatic carboxylic acids is 1. The molecule has 0 radical (unpaired) electrons. The van der Waals surface area contributed by atoms with Crippen molar-refractivity contribution >= 4 is 52.5 Å². The molecule has 3 heterocycles. The zero-order valence-corrected chi connectivity index (χ0v) is 28.2. The fourth-order valence-electron chi connectivity index (χ4n) is 8.43. The number of nitrogens with one attached hydrogen (secondary N) is 2. The van der Waals surface area contributed by atoms with Crippen LogP contribution in [0.2, 0.25) is 0 Å². The molecular formula is C35H37N3O8S2. The number of benzene rings is 2. The molecule has 7 rings (SSSR count). The highest BCUT2D eigenvalue weighted by Crippen LogP contribution is 2.68. The van der Waals surface area contributed by atoms with Crippen molar-refractivity contribution in [3.63, 3.8) is 0 Å². The van der Waals surface area contributed by atoms with E-state index in [2.05, 4.69) is 10.3 Å². The van der Waals surface area contributed by atoms with Gasteiger partial charge in [-0.25, -0.2) is 0 Å². The van der Waals surface area contributed by atoms with Gasteiger partial charge in [0.15, 0.2) is 18.1 Å². The average Bonchev–Trinajstić information content (AvgIpc) is 3.80. The molecule has 13 heteroatoms. The molecule has 48 heavy (non-hydrogen) atoms. The molecule has 3 amide bonds. The molecule has 252 valence electrons. The second-order valence-corrected chi connectivity index (χ2v) is 15.3. The van der Waals surface area contributed by atoms with Gasteiger partial charge in [-0.05, 0) is 73.3 Å². The molecule has 2 aliphatic heterocycles. The van der Waals surface area contributed by atoms with Gasteiger partial charge in [0.25, 0.3) is 5.91 Å². The Morgan fingerprint density at radius 3 is 2.54 bits per heavy atom. The van der Waals surface area contributed by atoms with Crippen LogP contribution in [0.5, 0.6) is 11.5 Å². The highest BCUT2D eigenvalue weighted by atomic mass is 32.2. The van der Waals surface area contributed by atoms with E-state index in [9.17, 15) is 24.0 Å². The van der Waals surface area contributed by atoms with Crippen molar-refractivity contribution in [1.29, 1.82) is 0 Å². The lowest BCUT2D eigenvalue weighted by molar-refractivity contribution is -0.141. The number of rotatable bonds is 12. The quantitative estimate of drug-likeness (QED) is 0.178. The summed E-state index contributed by atoms with van der Waals surface area (Å²) in [4.78, 5) is 68.9. The number of thiazole rings is 1. The van der Waals surface area contributed by atoms with E-state index in [-0.39, 0.29) is 76.4 Å². The lowest BCUT2D eigenvalue weighted by Gasteiger charge is -2.43. The Morgan fingerprint density at radius 2 is 1.79 bits per heavy atom. The molecule has 7 atom stereocenters. The van der Waals surface area contributed by atoms with Crippen molar-refractivity contribution in [3.8, 4) is 11.5 Å². The number of nitrogens with zero attached hydrogens (tertiary/aromatic N) is 1. The first-order valence-corrected chi connectivity index (χ1v) is 18.0. The second-order valence-electron chi connectivity index (χ2n) is 13.1. The van der Waals surface area contributed by atoms with E-state index in [1.165, 1.54) is 16.2 Å². The number of carbonyl (C=O) groups excluding carboxylic acids is 3. The van der Waals surface area contributed by atoms with Gasteiger partial charge in [0.1, 0.15) is 0 Å². The first-order chi connectivity index (χ1) is 23.2. The number of likely N-dealkylation sites (tertiary alicyclic amines) is 1. The predicted octanol–water partition coefficient (Wildman–Crippen LogP) is 4.89. The van der Waals surface area contributed by atoms with Gasteiger partial charge < -0.3 is 24.9 Å². The molecule has 2 aromatic carbocycles. The van der Waals surface area contributed by atoms with Gasteiger partial charge in [-0.3, -0.25) is 28.9 Å². The zero-order chi connectivity index (χ0) is 33.7. The first kappa shape index (κ1) is 32.4. The molecule has 1 aromatic heterocycles. The second kappa shape index (κ2) is 13.1. The van der Waals surface area contributed by atoms with Crippen molar-refractivity contribution in [2.45, 2.75) is 55.2 Å². The molecule has 2 aliphatic carbocycles. The molecule has 3 aromatic rings. The highest BCUT2D eigenvalue weighted by molar-refractivity contribution is 8.00. The van der Waals surface area contributed by atoms with E-state index in [0.29, 0.717) is 43.0 Å². The van der Waals surface area contributed by atoms with Crippen molar-refractivity contribution in [2.24, 2.45) is 29.6 Å². The Balaban J connectivity index is 1.12. The van der Waals surface area contributed by atoms with Crippen molar-refractivity contribution in [1.82, 2.24) is 9.88 Å². The predicted molar refractivity (Wildman–Crippen MR) is 180 cm³/mol. The number of aromatic amines is 1. The van der Waals surface area contributed by atoms with Crippen LogP contribution in [0.25, 0.3) is 0 Å². The summed E-state index contributed by atoms with van der Waals surface area (Å²) in [5, 5.41) is 12.7. The van der Waals surface area contributed by atoms with Crippen LogP contribution >= 0.6 is 23.1 Å². The van der Waals surface area contributed by atoms with Crippen LogP contribution in [0.4, 0.5) is 5.69 Å². The van der Waals surface area contributed by atoms with Gasteiger partial charge >= 0.3 is 10.8 Å². The summed E-state index contributed by atoms with van der Waals surface area (Å²) < 4.78 is 11.6. The number of H-pyrrole nitrogens is 1. The number of amides is 3. The summed E-state index contributed by atoms with van der Waals surface area (Å²) in [5.74, 6) is -1.42. The average molecular weight is 692 g/mol. The van der Waals surface area contributed by atoms with Gasteiger partial charge in [-0.15, -0.1) is 11.8 Å². The number of ether oxygens (including phenoxy) is 2. The third-order valence-corrected chi connectivity index (χ3v) is 13.0. The van der Waals surface area contributed by atoms with E-state index < -0.39 is 5.97 Å². The van der Waals surface area contributed by atoms with Crippen LogP contribution in [0.1, 0.15) is 54.0 Å². The number of hydrogen-bond acceptors (Lipinski definition) is 9. The van der Waals surface area contributed by atoms with E-state index in [1.54, 1.807) is 24.9 Å². The summed E-state index contributed by atoms with van der Waals surface area (Å²) in [6.07, 6.45) is 2.60. The SMILES string of the molecule is COc1cc([C@H]2c3sc(=O)[nH]c3SC3C4CC(C5C(=O)N(CCCCCC(=O)O)C(=O)C45)C32)ccc1OCC(=O)Nc1ccccc1C. The fourth-order valence-corrected chi connectivity index (χ4v) is 11.3. The fraction of sp³-hybridized carbons (Fsp3) is 0.457. The minimum atomic E-state index is -0.847. The van der Waals surface area contributed by atoms with E-state index in [0.717, 1.165) is 27.5 Å². The summed E-state index contributed by atoms with van der Waals surface area (Å²) in [7, 11) is 1.54. The maximum atomic E-state index is 13.8. The van der Waals surface area contributed by atoms with Crippen LogP contribution in [-0.4, -0.2) is 64.2 Å². The highest BCUT2D eigenvalue weighted by Gasteiger charge is 2.69. The monoisotopic (exact) mass is 691 g/mol. The third kappa shape index (κ3) is 5.70. The number of methoxy groups -OCH3 is 1. The van der Waals surface area contributed by atoms with E-state index >= 15 is 0 Å². The topological polar surface area (TPSA) is 155 Å². The van der Waals surface area contributed by atoms with Gasteiger partial charge in [0, 0.05) is 34.7 Å². The molecule has 11 nitrogen and oxygen atoms in total. The zero-order valence-electron chi connectivity index (χ0n) is 26.6. The number of para-hydroxylation sites is 1. The lowest BCUT2D eigenvalue weighted by atomic mass is 9.68. The maximum absolute atomic E-state index is 13.8. The van der Waals surface area contributed by atoms with Crippen LogP contribution in [0.15, 0.2) is 52.3 Å². The van der Waals surface area contributed by atoms with Crippen LogP contribution in [0, 0.1) is 36.5 Å². The Bertz CT molecular complexity index is 1840. The van der Waals surface area contributed by atoms with Crippen LogP contribution in [-0.2, 0) is 19.2 Å². The summed E-state index contributed by atoms with van der Waals surface area (Å²) in [6, 6.07) is 13.1. The van der Waals surface area contributed by atoms with E-state index in [4.69, 9.17) is 14.6 Å². The number of unbranched alkanes of at least 4 members (excludes halogenated alkanes) is 2. The van der Waals surface area contributed by atoms with Crippen LogP contribution < -0.4 is 19.7 Å². The maximum Gasteiger partial charge on any atom is 0.305 e. The molecule has 2 saturated carbocycles. The Hall–Kier alpha value is -4.10. The molecule has 3 fully saturated rings. The summed E-state index contributed by atoms with van der Waals surface area (Å²) in [6.45, 7) is 2.02. The molecule has 1 saturated heterocycles. The number of anilines is 1. The summed E-state index contributed by atoms with van der Waals surface area (Å²) in [5.41, 5.74) is 2.58. The van der Waals surface area contributed by atoms with Crippen molar-refractivity contribution < 1.29 is 33.8 Å². The number of thioether (sulfide) groups is 1. The van der Waals surface area contributed by atoms with Gasteiger partial charge in [0.2, 0.25) is 11.8 Å². The van der Waals surface area contributed by atoms with Crippen molar-refractivity contribution in [3.05, 3.63) is 68.1 Å². The van der Waals surface area contributed by atoms with Gasteiger partial charge in [0.05, 0.1) is 24.0 Å². The standard InChI is InChI=1S/C35H37N3O8S2/c1-17-8-5-6-9-21(17)36-24(39)16-46-22-12-11-18(14-23(22)45-2)26-27-19-15-20(30(27)47-32-31(26)48-35(44)37-32)29-28(19)33(42)38(34(29)43)13-7-3-4-10-25(40)41/h5-6,8-9,11-12,14,19-20,26-30H,3-4,7,10,13,15-16H2,1-2H3,(H,36,39)(H,37,44)(H,40,41)/t19?,20?,26-,27?,28?,29?,30?/m1/s1. The van der Waals surface area contributed by atoms with E-state index in [1.807, 2.05) is 43.3 Å². The van der Waals surface area contributed by atoms with Gasteiger partial charge in [-0.2, -0.15) is 0 Å². The van der Waals surface area contributed by atoms with Crippen LogP contribution in [0.3, 0.4) is 0 Å². The first-order valence-electron chi connectivity index (χ1n) is 16.3. The Morgan fingerprint density at radius 1 is 1.02 bits per heavy atom. The number of carboxylic acids is 1.